The second-order valence-electron chi connectivity index (χ2n) is 0. The van der Waals surface area contributed by atoms with Crippen LogP contribution in [0.15, 0.2) is 0 Å². The Balaban J connectivity index is 0. The zero-order chi connectivity index (χ0) is 0. The maximum atomic E-state index is 0. The Morgan fingerprint density at radius 3 is 0.600 bits per heavy atom. The minimum Gasteiger partial charge on any atom is -0.412 e. The van der Waals surface area contributed by atoms with Crippen LogP contribution in [0.5, 0.6) is 0 Å². The first-order valence-electron chi connectivity index (χ1n) is 0. The SMILES string of the molecule is O.O.O.[Cu].[Ti]. The van der Waals surface area contributed by atoms with E-state index >= 15 is 0 Å². The van der Waals surface area contributed by atoms with E-state index < -0.39 is 0 Å². The Morgan fingerprint density at radius 1 is 0.600 bits per heavy atom. The van der Waals surface area contributed by atoms with E-state index in [1.165, 1.54) is 0 Å². The van der Waals surface area contributed by atoms with E-state index in [1.54, 1.807) is 0 Å². The van der Waals surface area contributed by atoms with Crippen LogP contribution in [0.2, 0.25) is 0 Å². The van der Waals surface area contributed by atoms with E-state index in [0.29, 0.717) is 0 Å². The molecule has 0 heterocycles. The Morgan fingerprint density at radius 2 is 0.600 bits per heavy atom. The van der Waals surface area contributed by atoms with Crippen LogP contribution in [-0.4, -0.2) is 16.4 Å². The molecule has 0 aromatic carbocycles. The standard InChI is InChI=1S/Cu.3H2O.Ti/h;3*1H2;. The summed E-state index contributed by atoms with van der Waals surface area (Å²) in [5.41, 5.74) is 0. The van der Waals surface area contributed by atoms with Crippen LogP contribution in [-0.2, 0) is 38.8 Å². The van der Waals surface area contributed by atoms with Crippen molar-refractivity contribution in [3.05, 3.63) is 0 Å². The van der Waals surface area contributed by atoms with Gasteiger partial charge in [-0.1, -0.05) is 0 Å². The molecule has 39 valence electrons. The molecule has 0 atom stereocenters. The van der Waals surface area contributed by atoms with Crippen LogP contribution >= 0.6 is 0 Å². The molecule has 0 rings (SSSR count). The molecule has 0 saturated carbocycles. The van der Waals surface area contributed by atoms with Gasteiger partial charge in [-0.25, -0.2) is 0 Å². The molecule has 3 nitrogen and oxygen atoms in total. The summed E-state index contributed by atoms with van der Waals surface area (Å²) in [6.07, 6.45) is 0. The molecule has 0 aliphatic heterocycles. The predicted octanol–water partition coefficient (Wildman–Crippen LogP) is -2.48. The van der Waals surface area contributed by atoms with Gasteiger partial charge in [0.25, 0.3) is 0 Å². The largest absolute Gasteiger partial charge is 0.412 e. The molecule has 6 N–H and O–H groups in total. The first-order chi connectivity index (χ1) is 0. The Bertz CT molecular complexity index is 6.85. The number of rotatable bonds is 0. The Hall–Kier alpha value is 1.11. The summed E-state index contributed by atoms with van der Waals surface area (Å²) in [4.78, 5) is 0. The van der Waals surface area contributed by atoms with E-state index in [0.717, 1.165) is 0 Å². The van der Waals surface area contributed by atoms with Gasteiger partial charge < -0.3 is 16.4 Å². The summed E-state index contributed by atoms with van der Waals surface area (Å²) in [6, 6.07) is 0. The van der Waals surface area contributed by atoms with Gasteiger partial charge in [0.2, 0.25) is 0 Å². The summed E-state index contributed by atoms with van der Waals surface area (Å²) < 4.78 is 0. The van der Waals surface area contributed by atoms with Gasteiger partial charge in [0, 0.05) is 38.8 Å². The molecule has 0 saturated heterocycles. The normalized spacial score (nSPS) is 0. The van der Waals surface area contributed by atoms with Gasteiger partial charge in [0.15, 0.2) is 0 Å². The third-order valence-electron chi connectivity index (χ3n) is 0. The predicted molar refractivity (Wildman–Crippen MR) is 10.8 cm³/mol. The quantitative estimate of drug-likeness (QED) is 0.356. The average Bonchev–Trinajstić information content (AvgIpc) is 0. The molecule has 1 radical (unpaired) electrons. The fourth-order valence-corrected chi connectivity index (χ4v) is 0. The van der Waals surface area contributed by atoms with Crippen LogP contribution in [0.4, 0.5) is 0 Å². The van der Waals surface area contributed by atoms with Crippen LogP contribution < -0.4 is 0 Å². The summed E-state index contributed by atoms with van der Waals surface area (Å²) in [5.74, 6) is 0. The Labute approximate surface area is 55.4 Å². The third kappa shape index (κ3) is 40.0. The van der Waals surface area contributed by atoms with E-state index in [9.17, 15) is 0 Å². The Kier molecular flexibility index (Phi) is 1800. The number of hydrogen-bond donors (Lipinski definition) is 0. The van der Waals surface area contributed by atoms with Crippen LogP contribution in [0.3, 0.4) is 0 Å². The average molecular weight is 165 g/mol. The molecule has 0 aromatic rings. The molecule has 0 bridgehead atoms. The van der Waals surface area contributed by atoms with Gasteiger partial charge in [-0.2, -0.15) is 0 Å². The van der Waals surface area contributed by atoms with Crippen molar-refractivity contribution in [1.29, 1.82) is 0 Å². The molecule has 0 amide bonds. The van der Waals surface area contributed by atoms with Gasteiger partial charge in [-0.3, -0.25) is 0 Å². The summed E-state index contributed by atoms with van der Waals surface area (Å²) in [5, 5.41) is 0. The monoisotopic (exact) mass is 165 g/mol. The molecule has 0 unspecified atom stereocenters. The molecule has 0 fully saturated rings. The van der Waals surface area contributed by atoms with Gasteiger partial charge in [-0.05, 0) is 0 Å². The maximum absolute atomic E-state index is 0. The zero-order valence-electron chi connectivity index (χ0n) is 2.30. The first-order valence-corrected chi connectivity index (χ1v) is 0. The van der Waals surface area contributed by atoms with Crippen molar-refractivity contribution < 1.29 is 55.2 Å². The van der Waals surface area contributed by atoms with Crippen molar-refractivity contribution in [3.63, 3.8) is 0 Å². The van der Waals surface area contributed by atoms with Crippen LogP contribution in [0.1, 0.15) is 0 Å². The minimum absolute atomic E-state index is 0. The zero-order valence-corrected chi connectivity index (χ0v) is 4.80. The molecular formula is H6CuO3Ti. The van der Waals surface area contributed by atoms with E-state index in [4.69, 9.17) is 0 Å². The van der Waals surface area contributed by atoms with Crippen molar-refractivity contribution in [2.24, 2.45) is 0 Å². The van der Waals surface area contributed by atoms with Crippen molar-refractivity contribution >= 4 is 0 Å². The molecule has 5 heteroatoms. The van der Waals surface area contributed by atoms with Gasteiger partial charge in [-0.15, -0.1) is 0 Å². The van der Waals surface area contributed by atoms with E-state index in [-0.39, 0.29) is 55.2 Å². The molecule has 0 aromatic heterocycles. The fourth-order valence-electron chi connectivity index (χ4n) is 0. The third-order valence-corrected chi connectivity index (χ3v) is 0. The van der Waals surface area contributed by atoms with E-state index in [1.807, 2.05) is 0 Å². The van der Waals surface area contributed by atoms with Crippen LogP contribution in [0, 0.1) is 0 Å². The van der Waals surface area contributed by atoms with Crippen molar-refractivity contribution in [2.45, 2.75) is 0 Å². The van der Waals surface area contributed by atoms with Gasteiger partial charge in [0.1, 0.15) is 0 Å². The second kappa shape index (κ2) is 69.8. The first kappa shape index (κ1) is 129. The number of hydrogen-bond acceptors (Lipinski definition) is 0. The summed E-state index contributed by atoms with van der Waals surface area (Å²) in [7, 11) is 0. The van der Waals surface area contributed by atoms with Crippen LogP contribution in [0.25, 0.3) is 0 Å². The maximum Gasteiger partial charge on any atom is 0 e. The summed E-state index contributed by atoms with van der Waals surface area (Å²) >= 11 is 0. The van der Waals surface area contributed by atoms with E-state index in [2.05, 4.69) is 0 Å². The molecule has 0 spiro atoms. The van der Waals surface area contributed by atoms with Crippen molar-refractivity contribution in [2.75, 3.05) is 0 Å². The van der Waals surface area contributed by atoms with Gasteiger partial charge >= 0.3 is 0 Å². The molecular weight excluding hydrogens is 159 g/mol. The van der Waals surface area contributed by atoms with Gasteiger partial charge in [0.05, 0.1) is 0 Å². The fraction of sp³-hybridized carbons (Fsp3) is 0. The van der Waals surface area contributed by atoms with Crippen molar-refractivity contribution in [1.82, 2.24) is 0 Å². The minimum atomic E-state index is 0. The molecule has 0 aliphatic rings. The topological polar surface area (TPSA) is 94.5 Å². The molecule has 0 aliphatic carbocycles. The van der Waals surface area contributed by atoms with Crippen molar-refractivity contribution in [3.8, 4) is 0 Å². The summed E-state index contributed by atoms with van der Waals surface area (Å²) in [6.45, 7) is 0. The second-order valence-corrected chi connectivity index (χ2v) is 0. The molecule has 5 heavy (non-hydrogen) atoms. The smallest absolute Gasteiger partial charge is 0 e.